The number of rotatable bonds is 6. The van der Waals surface area contributed by atoms with E-state index < -0.39 is 0 Å². The smallest absolute Gasteiger partial charge is 0.224 e. The quantitative estimate of drug-likeness (QED) is 0.826. The first-order valence-corrected chi connectivity index (χ1v) is 7.97. The fourth-order valence-corrected chi connectivity index (χ4v) is 3.02. The SMILES string of the molecule is COc1ccc(C)cc1CN1CCCC(C(=O)NCCN)C1.Cl. The molecule has 6 heteroatoms. The average molecular weight is 342 g/mol. The maximum atomic E-state index is 12.1. The monoisotopic (exact) mass is 341 g/mol. The standard InChI is InChI=1S/C17H27N3O2.ClH/c1-13-5-6-16(22-2)15(10-13)12-20-9-3-4-14(11-20)17(21)19-8-7-18;/h5-6,10,14H,3-4,7-9,11-12,18H2,1-2H3,(H,19,21);1H. The number of carbonyl (C=O) groups excluding carboxylic acids is 1. The molecule has 5 nitrogen and oxygen atoms in total. The van der Waals surface area contributed by atoms with Gasteiger partial charge in [0.25, 0.3) is 0 Å². The Balaban J connectivity index is 0.00000264. The molecule has 23 heavy (non-hydrogen) atoms. The molecule has 1 heterocycles. The van der Waals surface area contributed by atoms with E-state index in [9.17, 15) is 4.79 Å². The van der Waals surface area contributed by atoms with Gasteiger partial charge >= 0.3 is 0 Å². The van der Waals surface area contributed by atoms with Crippen molar-refractivity contribution < 1.29 is 9.53 Å². The van der Waals surface area contributed by atoms with E-state index in [1.165, 1.54) is 11.1 Å². The van der Waals surface area contributed by atoms with Crippen LogP contribution >= 0.6 is 12.4 Å². The van der Waals surface area contributed by atoms with E-state index in [4.69, 9.17) is 10.5 Å². The Morgan fingerprint density at radius 3 is 2.96 bits per heavy atom. The van der Waals surface area contributed by atoms with Crippen molar-refractivity contribution >= 4 is 18.3 Å². The van der Waals surface area contributed by atoms with Gasteiger partial charge in [-0.15, -0.1) is 12.4 Å². The number of hydrogen-bond donors (Lipinski definition) is 2. The van der Waals surface area contributed by atoms with E-state index in [1.54, 1.807) is 7.11 Å². The first-order chi connectivity index (χ1) is 10.6. The molecule has 0 aliphatic carbocycles. The molecule has 0 radical (unpaired) electrons. The number of methoxy groups -OCH3 is 1. The summed E-state index contributed by atoms with van der Waals surface area (Å²) in [6.45, 7) is 5.78. The van der Waals surface area contributed by atoms with Gasteiger partial charge in [-0.05, 0) is 32.4 Å². The van der Waals surface area contributed by atoms with Crippen molar-refractivity contribution in [1.29, 1.82) is 0 Å². The number of piperidine rings is 1. The summed E-state index contributed by atoms with van der Waals surface area (Å²) in [6, 6.07) is 6.23. The Morgan fingerprint density at radius 2 is 2.26 bits per heavy atom. The molecule has 0 spiro atoms. The van der Waals surface area contributed by atoms with Crippen LogP contribution < -0.4 is 15.8 Å². The number of likely N-dealkylation sites (tertiary alicyclic amines) is 1. The predicted molar refractivity (Wildman–Crippen MR) is 95.0 cm³/mol. The van der Waals surface area contributed by atoms with Crippen molar-refractivity contribution in [2.75, 3.05) is 33.3 Å². The zero-order chi connectivity index (χ0) is 15.9. The third kappa shape index (κ3) is 5.68. The highest BCUT2D eigenvalue weighted by Gasteiger charge is 2.25. The first kappa shape index (κ1) is 19.7. The molecule has 2 rings (SSSR count). The van der Waals surface area contributed by atoms with Crippen LogP contribution in [0.2, 0.25) is 0 Å². The van der Waals surface area contributed by atoms with Gasteiger partial charge in [-0.1, -0.05) is 17.7 Å². The molecule has 130 valence electrons. The molecule has 1 unspecified atom stereocenters. The fourth-order valence-electron chi connectivity index (χ4n) is 3.02. The second-order valence-electron chi connectivity index (χ2n) is 5.97. The molecule has 1 aromatic carbocycles. The van der Waals surface area contributed by atoms with Gasteiger partial charge in [0, 0.05) is 31.7 Å². The number of hydrogen-bond acceptors (Lipinski definition) is 4. The van der Waals surface area contributed by atoms with Crippen molar-refractivity contribution in [2.45, 2.75) is 26.3 Å². The lowest BCUT2D eigenvalue weighted by Gasteiger charge is -2.32. The lowest BCUT2D eigenvalue weighted by atomic mass is 9.96. The third-order valence-corrected chi connectivity index (χ3v) is 4.15. The Bertz CT molecular complexity index is 511. The second kappa shape index (κ2) is 9.75. The number of halogens is 1. The van der Waals surface area contributed by atoms with Gasteiger partial charge in [-0.3, -0.25) is 9.69 Å². The summed E-state index contributed by atoms with van der Waals surface area (Å²) in [5.41, 5.74) is 7.86. The van der Waals surface area contributed by atoms with Gasteiger partial charge in [-0.25, -0.2) is 0 Å². The van der Waals surface area contributed by atoms with Crippen molar-refractivity contribution in [1.82, 2.24) is 10.2 Å². The molecule has 0 bridgehead atoms. The van der Waals surface area contributed by atoms with E-state index >= 15 is 0 Å². The van der Waals surface area contributed by atoms with Crippen molar-refractivity contribution in [3.63, 3.8) is 0 Å². The Morgan fingerprint density at radius 1 is 1.48 bits per heavy atom. The molecule has 1 amide bonds. The lowest BCUT2D eigenvalue weighted by molar-refractivity contribution is -0.126. The van der Waals surface area contributed by atoms with Crippen LogP contribution in [0.1, 0.15) is 24.0 Å². The van der Waals surface area contributed by atoms with Crippen molar-refractivity contribution in [3.05, 3.63) is 29.3 Å². The predicted octanol–water partition coefficient (Wildman–Crippen LogP) is 1.71. The minimum Gasteiger partial charge on any atom is -0.496 e. The van der Waals surface area contributed by atoms with Crippen molar-refractivity contribution in [2.24, 2.45) is 11.7 Å². The number of aryl methyl sites for hydroxylation is 1. The van der Waals surface area contributed by atoms with E-state index in [1.807, 2.05) is 6.07 Å². The number of ether oxygens (including phenoxy) is 1. The topological polar surface area (TPSA) is 67.6 Å². The van der Waals surface area contributed by atoms with Crippen LogP contribution in [0.5, 0.6) is 5.75 Å². The number of amides is 1. The van der Waals surface area contributed by atoms with E-state index in [2.05, 4.69) is 29.3 Å². The zero-order valence-corrected chi connectivity index (χ0v) is 14.8. The largest absolute Gasteiger partial charge is 0.496 e. The minimum atomic E-state index is 0. The first-order valence-electron chi connectivity index (χ1n) is 7.97. The molecule has 3 N–H and O–H groups in total. The van der Waals surface area contributed by atoms with Crippen molar-refractivity contribution in [3.8, 4) is 5.75 Å². The van der Waals surface area contributed by atoms with Crippen LogP contribution in [0, 0.1) is 12.8 Å². The second-order valence-corrected chi connectivity index (χ2v) is 5.97. The third-order valence-electron chi connectivity index (χ3n) is 4.15. The summed E-state index contributed by atoms with van der Waals surface area (Å²) in [5.74, 6) is 1.11. The van der Waals surface area contributed by atoms with Crippen LogP contribution in [0.3, 0.4) is 0 Å². The molecule has 1 saturated heterocycles. The van der Waals surface area contributed by atoms with E-state index in [0.29, 0.717) is 13.1 Å². The fraction of sp³-hybridized carbons (Fsp3) is 0.588. The summed E-state index contributed by atoms with van der Waals surface area (Å²) >= 11 is 0. The highest BCUT2D eigenvalue weighted by atomic mass is 35.5. The molecular weight excluding hydrogens is 314 g/mol. The number of nitrogens with one attached hydrogen (secondary N) is 1. The summed E-state index contributed by atoms with van der Waals surface area (Å²) in [6.07, 6.45) is 2.01. The van der Waals surface area contributed by atoms with E-state index in [-0.39, 0.29) is 24.2 Å². The highest BCUT2D eigenvalue weighted by molar-refractivity contribution is 5.85. The Labute approximate surface area is 145 Å². The number of benzene rings is 1. The molecule has 1 fully saturated rings. The summed E-state index contributed by atoms with van der Waals surface area (Å²) in [7, 11) is 1.70. The van der Waals surface area contributed by atoms with Gasteiger partial charge in [0.2, 0.25) is 5.91 Å². The Hall–Kier alpha value is -1.30. The van der Waals surface area contributed by atoms with Gasteiger partial charge in [0.15, 0.2) is 0 Å². The summed E-state index contributed by atoms with van der Waals surface area (Å²) < 4.78 is 5.45. The highest BCUT2D eigenvalue weighted by Crippen LogP contribution is 2.24. The number of nitrogens with two attached hydrogens (primary N) is 1. The molecule has 1 aliphatic rings. The summed E-state index contributed by atoms with van der Waals surface area (Å²) in [4.78, 5) is 14.5. The van der Waals surface area contributed by atoms with Gasteiger partial charge in [0.1, 0.15) is 5.75 Å². The zero-order valence-electron chi connectivity index (χ0n) is 14.0. The molecule has 1 atom stereocenters. The molecule has 1 aromatic rings. The normalized spacial score (nSPS) is 18.1. The molecule has 1 aliphatic heterocycles. The summed E-state index contributed by atoms with van der Waals surface area (Å²) in [5, 5.41) is 2.90. The van der Waals surface area contributed by atoms with Crippen LogP contribution in [0.15, 0.2) is 18.2 Å². The molecule has 0 saturated carbocycles. The maximum Gasteiger partial charge on any atom is 0.224 e. The molecule has 0 aromatic heterocycles. The van der Waals surface area contributed by atoms with Gasteiger partial charge < -0.3 is 15.8 Å². The van der Waals surface area contributed by atoms with Crippen LogP contribution in [0.4, 0.5) is 0 Å². The van der Waals surface area contributed by atoms with Crippen LogP contribution in [-0.2, 0) is 11.3 Å². The van der Waals surface area contributed by atoms with Crippen LogP contribution in [-0.4, -0.2) is 44.1 Å². The lowest BCUT2D eigenvalue weighted by Crippen LogP contribution is -2.43. The molecular formula is C17H28ClN3O2. The number of carbonyl (C=O) groups is 1. The maximum absolute atomic E-state index is 12.1. The van der Waals surface area contributed by atoms with Gasteiger partial charge in [0.05, 0.1) is 13.0 Å². The minimum absolute atomic E-state index is 0. The number of nitrogens with zero attached hydrogens (tertiary/aromatic N) is 1. The van der Waals surface area contributed by atoms with E-state index in [0.717, 1.165) is 38.2 Å². The van der Waals surface area contributed by atoms with Crippen LogP contribution in [0.25, 0.3) is 0 Å². The van der Waals surface area contributed by atoms with Gasteiger partial charge in [-0.2, -0.15) is 0 Å². The Kier molecular flexibility index (Phi) is 8.37. The average Bonchev–Trinajstić information content (AvgIpc) is 2.53.